The third-order valence-corrected chi connectivity index (χ3v) is 4.00. The summed E-state index contributed by atoms with van der Waals surface area (Å²) in [6.07, 6.45) is -0.666. The number of rotatable bonds is 7. The number of oxazole rings is 1. The average molecular weight is 381 g/mol. The molecular weight excluding hydrogens is 362 g/mol. The minimum absolute atomic E-state index is 0.0394. The first-order valence-electron chi connectivity index (χ1n) is 8.67. The lowest BCUT2D eigenvalue weighted by Gasteiger charge is -2.13. The first-order valence-corrected chi connectivity index (χ1v) is 8.67. The predicted octanol–water partition coefficient (Wildman–Crippen LogP) is 2.43. The number of amides is 2. The smallest absolute Gasteiger partial charge is 0.307 e. The van der Waals surface area contributed by atoms with E-state index >= 15 is 0 Å². The topological polar surface area (TPSA) is 125 Å². The van der Waals surface area contributed by atoms with Crippen molar-refractivity contribution in [2.24, 2.45) is 5.73 Å². The maximum absolute atomic E-state index is 12.1. The number of carbonyl (C=O) groups excluding carboxylic acids is 3. The number of nitrogens with one attached hydrogen (secondary N) is 1. The third kappa shape index (κ3) is 4.73. The Morgan fingerprint density at radius 2 is 1.86 bits per heavy atom. The van der Waals surface area contributed by atoms with Crippen molar-refractivity contribution >= 4 is 34.6 Å². The molecule has 0 aliphatic heterocycles. The molecule has 3 rings (SSSR count). The zero-order valence-corrected chi connectivity index (χ0v) is 15.2. The number of anilines is 1. The molecule has 8 heteroatoms. The molecule has 0 aliphatic rings. The van der Waals surface area contributed by atoms with Gasteiger partial charge in [0.1, 0.15) is 5.52 Å². The van der Waals surface area contributed by atoms with Crippen molar-refractivity contribution in [1.29, 1.82) is 0 Å². The van der Waals surface area contributed by atoms with Crippen molar-refractivity contribution in [3.05, 3.63) is 60.0 Å². The number of nitrogens with zero attached hydrogens (tertiary/aromatic N) is 1. The van der Waals surface area contributed by atoms with Gasteiger partial charge >= 0.3 is 5.97 Å². The van der Waals surface area contributed by atoms with Gasteiger partial charge in [0.05, 0.1) is 6.42 Å². The van der Waals surface area contributed by atoms with E-state index in [1.807, 2.05) is 18.2 Å². The predicted molar refractivity (Wildman–Crippen MR) is 101 cm³/mol. The first-order chi connectivity index (χ1) is 13.4. The molecule has 0 aliphatic carbocycles. The quantitative estimate of drug-likeness (QED) is 0.606. The molecule has 3 N–H and O–H groups in total. The molecule has 2 amide bonds. The van der Waals surface area contributed by atoms with Crippen LogP contribution < -0.4 is 11.1 Å². The number of nitrogens with two attached hydrogens (primary N) is 1. The molecule has 0 unspecified atom stereocenters. The van der Waals surface area contributed by atoms with Crippen LogP contribution in [0.3, 0.4) is 0 Å². The summed E-state index contributed by atoms with van der Waals surface area (Å²) in [7, 11) is 0. The zero-order chi connectivity index (χ0) is 20.1. The summed E-state index contributed by atoms with van der Waals surface area (Å²) in [5.74, 6) is -1.14. The van der Waals surface area contributed by atoms with E-state index in [1.165, 1.54) is 19.1 Å². The molecule has 0 saturated heterocycles. The van der Waals surface area contributed by atoms with E-state index in [4.69, 9.17) is 14.9 Å². The molecule has 0 fully saturated rings. The number of benzene rings is 2. The van der Waals surface area contributed by atoms with Crippen LogP contribution in [0.5, 0.6) is 0 Å². The minimum Gasteiger partial charge on any atom is -0.453 e. The molecule has 28 heavy (non-hydrogen) atoms. The summed E-state index contributed by atoms with van der Waals surface area (Å²) < 4.78 is 10.7. The van der Waals surface area contributed by atoms with E-state index in [2.05, 4.69) is 10.3 Å². The van der Waals surface area contributed by atoms with Crippen molar-refractivity contribution in [3.8, 4) is 0 Å². The fraction of sp³-hybridized carbons (Fsp3) is 0.200. The summed E-state index contributed by atoms with van der Waals surface area (Å²) in [4.78, 5) is 39.5. The van der Waals surface area contributed by atoms with Gasteiger partial charge in [-0.25, -0.2) is 4.98 Å². The van der Waals surface area contributed by atoms with Crippen LogP contribution in [0.15, 0.2) is 52.9 Å². The van der Waals surface area contributed by atoms with Crippen molar-refractivity contribution in [1.82, 2.24) is 4.98 Å². The Morgan fingerprint density at radius 1 is 1.14 bits per heavy atom. The molecule has 0 bridgehead atoms. The van der Waals surface area contributed by atoms with Crippen LogP contribution in [0.4, 0.5) is 5.69 Å². The van der Waals surface area contributed by atoms with Crippen LogP contribution in [0, 0.1) is 0 Å². The molecule has 3 aromatic rings. The number of fused-ring (bicyclic) bond motifs is 1. The van der Waals surface area contributed by atoms with Crippen molar-refractivity contribution < 1.29 is 23.5 Å². The highest BCUT2D eigenvalue weighted by Crippen LogP contribution is 2.16. The van der Waals surface area contributed by atoms with Crippen LogP contribution in [0.25, 0.3) is 11.1 Å². The molecule has 2 aromatic carbocycles. The molecule has 1 heterocycles. The molecule has 1 atom stereocenters. The molecule has 0 spiro atoms. The molecule has 0 radical (unpaired) electrons. The second kappa shape index (κ2) is 8.34. The molecule has 0 saturated carbocycles. The number of carbonyl (C=O) groups is 3. The van der Waals surface area contributed by atoms with Gasteiger partial charge in [0.2, 0.25) is 5.91 Å². The normalized spacial score (nSPS) is 11.8. The summed E-state index contributed by atoms with van der Waals surface area (Å²) >= 11 is 0. The Morgan fingerprint density at radius 3 is 2.54 bits per heavy atom. The first kappa shape index (κ1) is 19.1. The number of para-hydroxylation sites is 2. The van der Waals surface area contributed by atoms with Gasteiger partial charge in [-0.3, -0.25) is 14.4 Å². The highest BCUT2D eigenvalue weighted by Gasteiger charge is 2.18. The Balaban J connectivity index is 1.48. The fourth-order valence-corrected chi connectivity index (χ4v) is 2.51. The van der Waals surface area contributed by atoms with Crippen LogP contribution in [0.2, 0.25) is 0 Å². The van der Waals surface area contributed by atoms with Crippen LogP contribution in [-0.4, -0.2) is 28.9 Å². The molecule has 8 nitrogen and oxygen atoms in total. The van der Waals surface area contributed by atoms with E-state index < -0.39 is 23.9 Å². The molecule has 144 valence electrons. The Hall–Kier alpha value is -3.68. The Kier molecular flexibility index (Phi) is 5.69. The monoisotopic (exact) mass is 381 g/mol. The summed E-state index contributed by atoms with van der Waals surface area (Å²) in [6, 6.07) is 13.4. The van der Waals surface area contributed by atoms with Gasteiger partial charge < -0.3 is 20.2 Å². The molecule has 1 aromatic heterocycles. The summed E-state index contributed by atoms with van der Waals surface area (Å²) in [5.41, 5.74) is 7.34. The number of aromatic nitrogens is 1. The average Bonchev–Trinajstić information content (AvgIpc) is 3.09. The second-order valence-corrected chi connectivity index (χ2v) is 6.14. The Bertz CT molecular complexity index is 977. The Labute approximate surface area is 160 Å². The lowest BCUT2D eigenvalue weighted by molar-refractivity contribution is -0.153. The lowest BCUT2D eigenvalue weighted by atomic mass is 10.2. The van der Waals surface area contributed by atoms with Gasteiger partial charge in [-0.2, -0.15) is 0 Å². The minimum atomic E-state index is -0.980. The lowest BCUT2D eigenvalue weighted by Crippen LogP contribution is -2.30. The van der Waals surface area contributed by atoms with Crippen molar-refractivity contribution in [2.75, 3.05) is 5.32 Å². The highest BCUT2D eigenvalue weighted by molar-refractivity contribution is 5.96. The largest absolute Gasteiger partial charge is 0.453 e. The number of hydrogen-bond acceptors (Lipinski definition) is 6. The number of hydrogen-bond donors (Lipinski definition) is 2. The van der Waals surface area contributed by atoms with E-state index in [0.29, 0.717) is 22.7 Å². The maximum Gasteiger partial charge on any atom is 0.307 e. The van der Waals surface area contributed by atoms with Crippen LogP contribution >= 0.6 is 0 Å². The van der Waals surface area contributed by atoms with E-state index in [1.54, 1.807) is 18.2 Å². The van der Waals surface area contributed by atoms with Gasteiger partial charge in [0.15, 0.2) is 17.6 Å². The zero-order valence-electron chi connectivity index (χ0n) is 15.2. The van der Waals surface area contributed by atoms with Gasteiger partial charge in [-0.1, -0.05) is 12.1 Å². The van der Waals surface area contributed by atoms with E-state index in [9.17, 15) is 14.4 Å². The standard InChI is InChI=1S/C20H19N3O5/c1-12(20(26)22-14-8-6-13(7-9-14)19(21)25)27-18(24)11-10-17-23-15-4-2-3-5-16(15)28-17/h2-9,12H,10-11H2,1H3,(H2,21,25)(H,22,26)/t12-/m1/s1. The van der Waals surface area contributed by atoms with E-state index in [0.717, 1.165) is 5.52 Å². The van der Waals surface area contributed by atoms with Crippen molar-refractivity contribution in [2.45, 2.75) is 25.9 Å². The second-order valence-electron chi connectivity index (χ2n) is 6.14. The van der Waals surface area contributed by atoms with Gasteiger partial charge in [-0.05, 0) is 43.3 Å². The highest BCUT2D eigenvalue weighted by atomic mass is 16.5. The third-order valence-electron chi connectivity index (χ3n) is 4.00. The number of aryl methyl sites for hydroxylation is 1. The van der Waals surface area contributed by atoms with Crippen LogP contribution in [0.1, 0.15) is 29.6 Å². The van der Waals surface area contributed by atoms with E-state index in [-0.39, 0.29) is 12.8 Å². The fourth-order valence-electron chi connectivity index (χ4n) is 2.51. The van der Waals surface area contributed by atoms with Gasteiger partial charge in [0, 0.05) is 17.7 Å². The number of esters is 1. The SMILES string of the molecule is C[C@@H](OC(=O)CCc1nc2ccccc2o1)C(=O)Nc1ccc(C(N)=O)cc1. The number of primary amides is 1. The van der Waals surface area contributed by atoms with Crippen LogP contribution in [-0.2, 0) is 20.7 Å². The van der Waals surface area contributed by atoms with Crippen molar-refractivity contribution in [3.63, 3.8) is 0 Å². The number of ether oxygens (including phenoxy) is 1. The summed E-state index contributed by atoms with van der Waals surface area (Å²) in [5, 5.41) is 2.61. The van der Waals surface area contributed by atoms with Gasteiger partial charge in [-0.15, -0.1) is 0 Å². The van der Waals surface area contributed by atoms with Gasteiger partial charge in [0.25, 0.3) is 5.91 Å². The molecular formula is C20H19N3O5. The maximum atomic E-state index is 12.1. The summed E-state index contributed by atoms with van der Waals surface area (Å²) in [6.45, 7) is 1.48.